The standard InChI is InChI=1S/C19H21N5O2/c1-13(7-10-24-9-4-8-20-24)21-18(25)16-6-3-5-15(12-16)17-11-14(2)22-23-19(17)26/h3-6,8-9,11-13H,7,10H2,1-2H3,(H,21,25)(H,23,26)/t13-/m1/s1. The first-order valence-corrected chi connectivity index (χ1v) is 8.48. The molecule has 1 amide bonds. The fourth-order valence-electron chi connectivity index (χ4n) is 2.69. The van der Waals surface area contributed by atoms with Gasteiger partial charge in [0.15, 0.2) is 0 Å². The van der Waals surface area contributed by atoms with Crippen LogP contribution in [0.3, 0.4) is 0 Å². The molecule has 0 radical (unpaired) electrons. The summed E-state index contributed by atoms with van der Waals surface area (Å²) < 4.78 is 1.83. The van der Waals surface area contributed by atoms with Crippen LogP contribution in [0, 0.1) is 6.92 Å². The second-order valence-corrected chi connectivity index (χ2v) is 6.27. The number of nitrogens with one attached hydrogen (secondary N) is 2. The number of aromatic amines is 1. The van der Waals surface area contributed by atoms with Crippen molar-refractivity contribution in [2.75, 3.05) is 0 Å². The third-order valence-corrected chi connectivity index (χ3v) is 4.10. The Hall–Kier alpha value is -3.22. The summed E-state index contributed by atoms with van der Waals surface area (Å²) >= 11 is 0. The van der Waals surface area contributed by atoms with E-state index in [1.54, 1.807) is 37.4 Å². The molecule has 0 aliphatic rings. The minimum Gasteiger partial charge on any atom is -0.350 e. The Morgan fingerprint density at radius 3 is 2.92 bits per heavy atom. The second kappa shape index (κ2) is 7.77. The van der Waals surface area contributed by atoms with E-state index in [-0.39, 0.29) is 17.5 Å². The average molecular weight is 351 g/mol. The third-order valence-electron chi connectivity index (χ3n) is 4.10. The molecule has 0 bridgehead atoms. The van der Waals surface area contributed by atoms with Crippen molar-refractivity contribution in [3.63, 3.8) is 0 Å². The number of benzene rings is 1. The number of rotatable bonds is 6. The molecule has 0 aliphatic carbocycles. The lowest BCUT2D eigenvalue weighted by molar-refractivity contribution is 0.0937. The number of nitrogens with zero attached hydrogens (tertiary/aromatic N) is 3. The summed E-state index contributed by atoms with van der Waals surface area (Å²) in [6, 6.07) is 10.6. The Bertz CT molecular complexity index is 947. The lowest BCUT2D eigenvalue weighted by Gasteiger charge is -2.14. The predicted octanol–water partition coefficient (Wildman–Crippen LogP) is 2.15. The second-order valence-electron chi connectivity index (χ2n) is 6.27. The van der Waals surface area contributed by atoms with Gasteiger partial charge in [0, 0.05) is 30.5 Å². The molecule has 1 aromatic carbocycles. The molecule has 0 saturated heterocycles. The topological polar surface area (TPSA) is 92.7 Å². The number of aryl methyl sites for hydroxylation is 2. The van der Waals surface area contributed by atoms with E-state index in [2.05, 4.69) is 20.6 Å². The number of carbonyl (C=O) groups excluding carboxylic acids is 1. The minimum atomic E-state index is -0.277. The average Bonchev–Trinajstić information content (AvgIpc) is 3.16. The zero-order chi connectivity index (χ0) is 18.5. The van der Waals surface area contributed by atoms with Crippen molar-refractivity contribution >= 4 is 5.91 Å². The summed E-state index contributed by atoms with van der Waals surface area (Å²) in [5.41, 5.74) is 2.14. The maximum Gasteiger partial charge on any atom is 0.272 e. The van der Waals surface area contributed by atoms with Crippen LogP contribution in [0.25, 0.3) is 11.1 Å². The molecule has 0 saturated carbocycles. The van der Waals surface area contributed by atoms with Gasteiger partial charge in [-0.3, -0.25) is 14.3 Å². The number of aromatic nitrogens is 4. The highest BCUT2D eigenvalue weighted by molar-refractivity contribution is 5.95. The third kappa shape index (κ3) is 4.24. The fourth-order valence-corrected chi connectivity index (χ4v) is 2.69. The summed E-state index contributed by atoms with van der Waals surface area (Å²) in [7, 11) is 0. The maximum absolute atomic E-state index is 12.5. The van der Waals surface area contributed by atoms with Gasteiger partial charge in [0.05, 0.1) is 11.3 Å². The Labute approximate surface area is 151 Å². The molecule has 26 heavy (non-hydrogen) atoms. The van der Waals surface area contributed by atoms with Crippen LogP contribution in [0.2, 0.25) is 0 Å². The van der Waals surface area contributed by atoms with Gasteiger partial charge >= 0.3 is 0 Å². The van der Waals surface area contributed by atoms with Crippen molar-refractivity contribution in [2.24, 2.45) is 0 Å². The van der Waals surface area contributed by atoms with E-state index < -0.39 is 0 Å². The van der Waals surface area contributed by atoms with Gasteiger partial charge in [-0.05, 0) is 50.1 Å². The van der Waals surface area contributed by atoms with Crippen molar-refractivity contribution < 1.29 is 4.79 Å². The summed E-state index contributed by atoms with van der Waals surface area (Å²) in [5, 5.41) is 13.5. The maximum atomic E-state index is 12.5. The molecule has 0 spiro atoms. The van der Waals surface area contributed by atoms with Crippen LogP contribution in [0.15, 0.2) is 53.6 Å². The van der Waals surface area contributed by atoms with Crippen LogP contribution in [-0.4, -0.2) is 31.9 Å². The molecule has 0 unspecified atom stereocenters. The monoisotopic (exact) mass is 351 g/mol. The lowest BCUT2D eigenvalue weighted by Crippen LogP contribution is -2.33. The van der Waals surface area contributed by atoms with Crippen LogP contribution < -0.4 is 10.9 Å². The zero-order valence-electron chi connectivity index (χ0n) is 14.8. The largest absolute Gasteiger partial charge is 0.350 e. The van der Waals surface area contributed by atoms with E-state index in [9.17, 15) is 9.59 Å². The highest BCUT2D eigenvalue weighted by Crippen LogP contribution is 2.17. The molecule has 134 valence electrons. The quantitative estimate of drug-likeness (QED) is 0.712. The molecule has 0 fully saturated rings. The fraction of sp³-hybridized carbons (Fsp3) is 0.263. The molecular formula is C19H21N5O2. The molecule has 7 heteroatoms. The van der Waals surface area contributed by atoms with Crippen LogP contribution in [-0.2, 0) is 6.54 Å². The Kier molecular flexibility index (Phi) is 5.26. The normalized spacial score (nSPS) is 11.9. The molecule has 0 aliphatic heterocycles. The molecule has 2 aromatic heterocycles. The number of H-pyrrole nitrogens is 1. The van der Waals surface area contributed by atoms with Gasteiger partial charge in [-0.2, -0.15) is 10.2 Å². The molecule has 1 atom stereocenters. The van der Waals surface area contributed by atoms with Crippen LogP contribution in [0.5, 0.6) is 0 Å². The molecular weight excluding hydrogens is 330 g/mol. The number of carbonyl (C=O) groups is 1. The number of hydrogen-bond donors (Lipinski definition) is 2. The van der Waals surface area contributed by atoms with Crippen LogP contribution >= 0.6 is 0 Å². The van der Waals surface area contributed by atoms with Gasteiger partial charge < -0.3 is 5.32 Å². The summed E-state index contributed by atoms with van der Waals surface area (Å²) in [5.74, 6) is -0.165. The first-order valence-electron chi connectivity index (χ1n) is 8.48. The molecule has 3 rings (SSSR count). The van der Waals surface area contributed by atoms with Gasteiger partial charge in [0.2, 0.25) is 0 Å². The summed E-state index contributed by atoms with van der Waals surface area (Å²) in [4.78, 5) is 24.5. The Morgan fingerprint density at radius 2 is 2.15 bits per heavy atom. The van der Waals surface area contributed by atoms with E-state index in [4.69, 9.17) is 0 Å². The summed E-state index contributed by atoms with van der Waals surface area (Å²) in [6.45, 7) is 4.50. The highest BCUT2D eigenvalue weighted by atomic mass is 16.1. The van der Waals surface area contributed by atoms with E-state index in [0.29, 0.717) is 22.4 Å². The van der Waals surface area contributed by atoms with Gasteiger partial charge in [0.25, 0.3) is 11.5 Å². The van der Waals surface area contributed by atoms with E-state index in [1.165, 1.54) is 0 Å². The molecule has 7 nitrogen and oxygen atoms in total. The van der Waals surface area contributed by atoms with E-state index in [0.717, 1.165) is 13.0 Å². The van der Waals surface area contributed by atoms with Crippen LogP contribution in [0.1, 0.15) is 29.4 Å². The van der Waals surface area contributed by atoms with Gasteiger partial charge in [-0.1, -0.05) is 12.1 Å². The Balaban J connectivity index is 1.70. The number of amides is 1. The predicted molar refractivity (Wildman–Crippen MR) is 98.8 cm³/mol. The van der Waals surface area contributed by atoms with Crippen molar-refractivity contribution in [2.45, 2.75) is 32.9 Å². The van der Waals surface area contributed by atoms with Gasteiger partial charge in [-0.25, -0.2) is 5.10 Å². The van der Waals surface area contributed by atoms with Crippen molar-refractivity contribution in [3.8, 4) is 11.1 Å². The first-order chi connectivity index (χ1) is 12.5. The van der Waals surface area contributed by atoms with Crippen molar-refractivity contribution in [1.82, 2.24) is 25.3 Å². The SMILES string of the molecule is Cc1cc(-c2cccc(C(=O)N[C@H](C)CCn3cccn3)c2)c(=O)[nH]n1. The molecule has 2 N–H and O–H groups in total. The zero-order valence-corrected chi connectivity index (χ0v) is 14.8. The first kappa shape index (κ1) is 17.6. The molecule has 3 aromatic rings. The minimum absolute atomic E-state index is 0.00179. The van der Waals surface area contributed by atoms with E-state index >= 15 is 0 Å². The molecule has 2 heterocycles. The number of hydrogen-bond acceptors (Lipinski definition) is 4. The van der Waals surface area contributed by atoms with Gasteiger partial charge in [-0.15, -0.1) is 0 Å². The van der Waals surface area contributed by atoms with Gasteiger partial charge in [0.1, 0.15) is 0 Å². The lowest BCUT2D eigenvalue weighted by atomic mass is 10.0. The smallest absolute Gasteiger partial charge is 0.272 e. The van der Waals surface area contributed by atoms with Crippen molar-refractivity contribution in [3.05, 3.63) is 70.4 Å². The summed E-state index contributed by atoms with van der Waals surface area (Å²) in [6.07, 6.45) is 4.40. The Morgan fingerprint density at radius 1 is 1.31 bits per heavy atom. The van der Waals surface area contributed by atoms with Crippen LogP contribution in [0.4, 0.5) is 0 Å². The van der Waals surface area contributed by atoms with E-state index in [1.807, 2.05) is 29.9 Å². The highest BCUT2D eigenvalue weighted by Gasteiger charge is 2.12. The van der Waals surface area contributed by atoms with Crippen molar-refractivity contribution in [1.29, 1.82) is 0 Å².